The van der Waals surface area contributed by atoms with Crippen molar-refractivity contribution < 1.29 is 22.7 Å². The summed E-state index contributed by atoms with van der Waals surface area (Å²) >= 11 is 3.34. The average Bonchev–Trinajstić information content (AvgIpc) is 2.96. The van der Waals surface area contributed by atoms with Gasteiger partial charge in [-0.2, -0.15) is 0 Å². The van der Waals surface area contributed by atoms with E-state index in [-0.39, 0.29) is 23.5 Å². The van der Waals surface area contributed by atoms with Crippen LogP contribution in [0.2, 0.25) is 0 Å². The molecular weight excluding hydrogens is 460 g/mol. The zero-order valence-corrected chi connectivity index (χ0v) is 18.6. The molecule has 1 heterocycles. The van der Waals surface area contributed by atoms with E-state index in [1.165, 1.54) is 37.3 Å². The average molecular weight is 481 g/mol. The van der Waals surface area contributed by atoms with Gasteiger partial charge in [0.05, 0.1) is 12.2 Å². The van der Waals surface area contributed by atoms with Gasteiger partial charge in [-0.3, -0.25) is 9.52 Å². The molecule has 3 rings (SSSR count). The van der Waals surface area contributed by atoms with E-state index in [1.54, 1.807) is 17.9 Å². The molecule has 0 fully saturated rings. The van der Waals surface area contributed by atoms with Crippen LogP contribution in [0.3, 0.4) is 0 Å². The smallest absolute Gasteiger partial charge is 0.338 e. The van der Waals surface area contributed by atoms with Gasteiger partial charge in [0.15, 0.2) is 0 Å². The molecule has 29 heavy (non-hydrogen) atoms. The van der Waals surface area contributed by atoms with Crippen LogP contribution in [-0.4, -0.2) is 32.9 Å². The minimum absolute atomic E-state index is 0.0317. The molecule has 0 aromatic heterocycles. The first-order valence-electron chi connectivity index (χ1n) is 9.06. The molecule has 0 saturated heterocycles. The molecule has 1 N–H and O–H groups in total. The van der Waals surface area contributed by atoms with Gasteiger partial charge in [-0.15, -0.1) is 0 Å². The first kappa shape index (κ1) is 21.3. The van der Waals surface area contributed by atoms with Crippen LogP contribution < -0.4 is 9.62 Å². The van der Waals surface area contributed by atoms with Crippen LogP contribution in [0.1, 0.15) is 36.7 Å². The van der Waals surface area contributed by atoms with Crippen molar-refractivity contribution in [2.75, 3.05) is 16.2 Å². The molecule has 2 aromatic rings. The van der Waals surface area contributed by atoms with E-state index in [2.05, 4.69) is 20.7 Å². The second kappa shape index (κ2) is 8.16. The number of fused-ring (bicyclic) bond motifs is 1. The maximum atomic E-state index is 13.0. The maximum Gasteiger partial charge on any atom is 0.338 e. The fraction of sp³-hybridized carbons (Fsp3) is 0.300. The number of rotatable bonds is 5. The number of carbonyl (C=O) groups is 2. The Labute approximate surface area is 178 Å². The third-order valence-corrected chi connectivity index (χ3v) is 6.97. The highest BCUT2D eigenvalue weighted by molar-refractivity contribution is 9.10. The molecule has 154 valence electrons. The largest absolute Gasteiger partial charge is 0.462 e. The summed E-state index contributed by atoms with van der Waals surface area (Å²) in [6.07, 6.45) is 0.663. The Morgan fingerprint density at radius 3 is 2.48 bits per heavy atom. The molecule has 0 saturated carbocycles. The van der Waals surface area contributed by atoms with Crippen LogP contribution in [0.15, 0.2) is 45.8 Å². The predicted molar refractivity (Wildman–Crippen MR) is 114 cm³/mol. The van der Waals surface area contributed by atoms with Crippen LogP contribution in [-0.2, 0) is 26.0 Å². The zero-order valence-electron chi connectivity index (χ0n) is 16.2. The summed E-state index contributed by atoms with van der Waals surface area (Å²) in [6.45, 7) is 5.36. The molecule has 9 heteroatoms. The molecule has 1 atom stereocenters. The standard InChI is InChI=1S/C20H21BrN2O5S/c1-4-28-20(25)14-5-7-16(8-6-14)22-29(26,27)19-11-18-15(10-17(19)21)9-12(2)23(18)13(3)24/h5-8,10-12,22H,4,9H2,1-3H3. The molecule has 0 radical (unpaired) electrons. The summed E-state index contributed by atoms with van der Waals surface area (Å²) in [5.74, 6) is -0.605. The minimum Gasteiger partial charge on any atom is -0.462 e. The molecular formula is C20H21BrN2O5S. The highest BCUT2D eigenvalue weighted by Gasteiger charge is 2.32. The summed E-state index contributed by atoms with van der Waals surface area (Å²) in [6, 6.07) is 9.20. The molecule has 0 aliphatic carbocycles. The maximum absolute atomic E-state index is 13.0. The lowest BCUT2D eigenvalue weighted by Gasteiger charge is -2.21. The van der Waals surface area contributed by atoms with Gasteiger partial charge < -0.3 is 9.64 Å². The van der Waals surface area contributed by atoms with Gasteiger partial charge in [0.2, 0.25) is 5.91 Å². The number of anilines is 2. The van der Waals surface area contributed by atoms with Crippen molar-refractivity contribution in [1.82, 2.24) is 0 Å². The summed E-state index contributed by atoms with van der Waals surface area (Å²) in [7, 11) is -3.93. The highest BCUT2D eigenvalue weighted by atomic mass is 79.9. The van der Waals surface area contributed by atoms with Crippen molar-refractivity contribution in [1.29, 1.82) is 0 Å². The van der Waals surface area contributed by atoms with E-state index < -0.39 is 16.0 Å². The van der Waals surface area contributed by atoms with Crippen molar-refractivity contribution in [3.63, 3.8) is 0 Å². The zero-order chi connectivity index (χ0) is 21.3. The Morgan fingerprint density at radius 2 is 1.90 bits per heavy atom. The van der Waals surface area contributed by atoms with Crippen molar-refractivity contribution >= 4 is 49.2 Å². The van der Waals surface area contributed by atoms with Gasteiger partial charge in [0.1, 0.15) is 4.90 Å². The Kier molecular flexibility index (Phi) is 6.00. The topological polar surface area (TPSA) is 92.8 Å². The lowest BCUT2D eigenvalue weighted by Crippen LogP contribution is -2.33. The SMILES string of the molecule is CCOC(=O)c1ccc(NS(=O)(=O)c2cc3c(cc2Br)CC(C)N3C(C)=O)cc1. The van der Waals surface area contributed by atoms with Gasteiger partial charge in [0, 0.05) is 28.8 Å². The number of nitrogens with one attached hydrogen (secondary N) is 1. The number of esters is 1. The van der Waals surface area contributed by atoms with Crippen molar-refractivity contribution in [2.45, 2.75) is 38.1 Å². The number of amides is 1. The van der Waals surface area contributed by atoms with E-state index in [1.807, 2.05) is 6.92 Å². The second-order valence-electron chi connectivity index (χ2n) is 6.76. The molecule has 1 aliphatic rings. The van der Waals surface area contributed by atoms with E-state index in [9.17, 15) is 18.0 Å². The Bertz CT molecular complexity index is 1070. The van der Waals surface area contributed by atoms with E-state index in [0.717, 1.165) is 5.56 Å². The van der Waals surface area contributed by atoms with Gasteiger partial charge in [-0.1, -0.05) is 0 Å². The predicted octanol–water partition coefficient (Wildman–Crippen LogP) is 3.72. The molecule has 7 nitrogen and oxygen atoms in total. The number of sulfonamides is 1. The summed E-state index contributed by atoms with van der Waals surface area (Å²) in [5.41, 5.74) is 2.16. The molecule has 1 aliphatic heterocycles. The fourth-order valence-electron chi connectivity index (χ4n) is 3.40. The Hall–Kier alpha value is -2.39. The van der Waals surface area contributed by atoms with Gasteiger partial charge in [-0.25, -0.2) is 13.2 Å². The Morgan fingerprint density at radius 1 is 1.24 bits per heavy atom. The summed E-state index contributed by atoms with van der Waals surface area (Å²) in [5, 5.41) is 0. The van der Waals surface area contributed by atoms with E-state index in [4.69, 9.17) is 4.74 Å². The van der Waals surface area contributed by atoms with E-state index in [0.29, 0.717) is 27.8 Å². The molecule has 1 unspecified atom stereocenters. The third-order valence-electron chi connectivity index (χ3n) is 4.63. The third kappa shape index (κ3) is 4.30. The number of benzene rings is 2. The van der Waals surface area contributed by atoms with Gasteiger partial charge in [-0.05, 0) is 78.2 Å². The number of nitrogens with zero attached hydrogens (tertiary/aromatic N) is 1. The first-order valence-corrected chi connectivity index (χ1v) is 11.3. The normalized spacial score (nSPS) is 15.7. The number of halogens is 1. The van der Waals surface area contributed by atoms with Crippen LogP contribution in [0.5, 0.6) is 0 Å². The molecule has 1 amide bonds. The summed E-state index contributed by atoms with van der Waals surface area (Å²) in [4.78, 5) is 25.4. The second-order valence-corrected chi connectivity index (χ2v) is 9.26. The monoisotopic (exact) mass is 480 g/mol. The lowest BCUT2D eigenvalue weighted by molar-refractivity contribution is -0.116. The van der Waals surface area contributed by atoms with Crippen LogP contribution in [0.25, 0.3) is 0 Å². The quantitative estimate of drug-likeness (QED) is 0.658. The van der Waals surface area contributed by atoms with Gasteiger partial charge >= 0.3 is 5.97 Å². The van der Waals surface area contributed by atoms with Crippen LogP contribution in [0.4, 0.5) is 11.4 Å². The van der Waals surface area contributed by atoms with Gasteiger partial charge in [0.25, 0.3) is 10.0 Å². The first-order chi connectivity index (χ1) is 13.6. The summed E-state index contributed by atoms with van der Waals surface area (Å²) < 4.78 is 33.8. The molecule has 0 spiro atoms. The number of hydrogen-bond acceptors (Lipinski definition) is 5. The number of hydrogen-bond donors (Lipinski definition) is 1. The number of ether oxygens (including phenoxy) is 1. The lowest BCUT2D eigenvalue weighted by atomic mass is 10.1. The highest BCUT2D eigenvalue weighted by Crippen LogP contribution is 2.38. The Balaban J connectivity index is 1.91. The fourth-order valence-corrected chi connectivity index (χ4v) is 5.57. The van der Waals surface area contributed by atoms with E-state index >= 15 is 0 Å². The number of carbonyl (C=O) groups excluding carboxylic acids is 2. The van der Waals surface area contributed by atoms with Crippen molar-refractivity contribution in [3.8, 4) is 0 Å². The molecule has 2 aromatic carbocycles. The van der Waals surface area contributed by atoms with Crippen molar-refractivity contribution in [3.05, 3.63) is 52.0 Å². The minimum atomic E-state index is -3.93. The van der Waals surface area contributed by atoms with Crippen LogP contribution in [0, 0.1) is 0 Å². The van der Waals surface area contributed by atoms with Crippen molar-refractivity contribution in [2.24, 2.45) is 0 Å². The molecule has 0 bridgehead atoms. The van der Waals surface area contributed by atoms with Crippen LogP contribution >= 0.6 is 15.9 Å².